The van der Waals surface area contributed by atoms with E-state index >= 15 is 0 Å². The van der Waals surface area contributed by atoms with Crippen LogP contribution in [0.4, 0.5) is 10.1 Å². The van der Waals surface area contributed by atoms with Gasteiger partial charge in [0.2, 0.25) is 0 Å². The summed E-state index contributed by atoms with van der Waals surface area (Å²) in [5.74, 6) is -0.433. The molecule has 2 aromatic rings. The summed E-state index contributed by atoms with van der Waals surface area (Å²) < 4.78 is 13.7. The van der Waals surface area contributed by atoms with Gasteiger partial charge in [0.05, 0.1) is 29.1 Å². The molecule has 18 heavy (non-hydrogen) atoms. The number of nitrogens with one attached hydrogen (secondary N) is 1. The number of nitriles is 1. The number of nitrogens with zero attached hydrogens (tertiary/aromatic N) is 2. The lowest BCUT2D eigenvalue weighted by Gasteiger charge is -2.15. The van der Waals surface area contributed by atoms with Gasteiger partial charge < -0.3 is 5.32 Å². The second kappa shape index (κ2) is 5.28. The van der Waals surface area contributed by atoms with E-state index in [9.17, 15) is 4.39 Å². The Bertz CT molecular complexity index is 575. The fourth-order valence-corrected chi connectivity index (χ4v) is 1.64. The van der Waals surface area contributed by atoms with Crippen LogP contribution in [-0.4, -0.2) is 4.98 Å². The summed E-state index contributed by atoms with van der Waals surface area (Å²) in [6.07, 6.45) is 1.70. The van der Waals surface area contributed by atoms with Crippen LogP contribution in [0.25, 0.3) is 0 Å². The SMILES string of the molecule is CC(Nc1ccc(C#N)cc1F)c1ccccn1. The van der Waals surface area contributed by atoms with Gasteiger partial charge in [-0.05, 0) is 37.3 Å². The van der Waals surface area contributed by atoms with Crippen LogP contribution in [-0.2, 0) is 0 Å². The lowest BCUT2D eigenvalue weighted by Crippen LogP contribution is -2.09. The van der Waals surface area contributed by atoms with Crippen LogP contribution < -0.4 is 5.32 Å². The Morgan fingerprint density at radius 3 is 2.78 bits per heavy atom. The maximum atomic E-state index is 13.7. The third kappa shape index (κ3) is 2.64. The molecular formula is C14H12FN3. The van der Waals surface area contributed by atoms with Crippen LogP contribution in [0, 0.1) is 17.1 Å². The quantitative estimate of drug-likeness (QED) is 0.897. The topological polar surface area (TPSA) is 48.7 Å². The number of anilines is 1. The summed E-state index contributed by atoms with van der Waals surface area (Å²) in [7, 11) is 0. The van der Waals surface area contributed by atoms with Gasteiger partial charge in [-0.3, -0.25) is 4.98 Å². The van der Waals surface area contributed by atoms with E-state index in [1.54, 1.807) is 18.3 Å². The molecule has 0 amide bonds. The van der Waals surface area contributed by atoms with Crippen molar-refractivity contribution in [1.82, 2.24) is 4.98 Å². The molecular weight excluding hydrogens is 229 g/mol. The van der Waals surface area contributed by atoms with E-state index < -0.39 is 5.82 Å². The Kier molecular flexibility index (Phi) is 3.54. The largest absolute Gasteiger partial charge is 0.375 e. The molecule has 0 aliphatic rings. The molecule has 0 aliphatic heterocycles. The fraction of sp³-hybridized carbons (Fsp3) is 0.143. The summed E-state index contributed by atoms with van der Waals surface area (Å²) in [4.78, 5) is 4.20. The number of halogens is 1. The molecule has 4 heteroatoms. The van der Waals surface area contributed by atoms with Crippen molar-refractivity contribution in [3.8, 4) is 6.07 Å². The Balaban J connectivity index is 2.18. The van der Waals surface area contributed by atoms with Crippen LogP contribution in [0.3, 0.4) is 0 Å². The monoisotopic (exact) mass is 241 g/mol. The fourth-order valence-electron chi connectivity index (χ4n) is 1.64. The van der Waals surface area contributed by atoms with E-state index in [2.05, 4.69) is 10.3 Å². The molecule has 0 saturated carbocycles. The minimum atomic E-state index is -0.433. The highest BCUT2D eigenvalue weighted by molar-refractivity contribution is 5.49. The minimum Gasteiger partial charge on any atom is -0.375 e. The zero-order valence-electron chi connectivity index (χ0n) is 9.89. The van der Waals surface area contributed by atoms with Crippen LogP contribution in [0.15, 0.2) is 42.6 Å². The summed E-state index contributed by atoms with van der Waals surface area (Å²) in [6.45, 7) is 1.90. The Morgan fingerprint density at radius 1 is 1.33 bits per heavy atom. The maximum absolute atomic E-state index is 13.7. The van der Waals surface area contributed by atoms with Crippen molar-refractivity contribution >= 4 is 5.69 Å². The third-order valence-corrected chi connectivity index (χ3v) is 2.60. The molecule has 1 aromatic carbocycles. The highest BCUT2D eigenvalue weighted by Gasteiger charge is 2.09. The number of benzene rings is 1. The van der Waals surface area contributed by atoms with Gasteiger partial charge in [-0.15, -0.1) is 0 Å². The van der Waals surface area contributed by atoms with Crippen molar-refractivity contribution in [2.24, 2.45) is 0 Å². The standard InChI is InChI=1S/C14H12FN3/c1-10(13-4-2-3-7-17-13)18-14-6-5-11(9-16)8-12(14)15/h2-8,10,18H,1H3. The number of hydrogen-bond acceptors (Lipinski definition) is 3. The van der Waals surface area contributed by atoms with Gasteiger partial charge in [-0.25, -0.2) is 4.39 Å². The normalized spacial score (nSPS) is 11.6. The summed E-state index contributed by atoms with van der Waals surface area (Å²) in [5.41, 5.74) is 1.51. The van der Waals surface area contributed by atoms with Gasteiger partial charge in [-0.1, -0.05) is 6.07 Å². The molecule has 1 unspecified atom stereocenters. The zero-order chi connectivity index (χ0) is 13.0. The van der Waals surface area contributed by atoms with E-state index in [-0.39, 0.29) is 6.04 Å². The Morgan fingerprint density at radius 2 is 2.17 bits per heavy atom. The second-order valence-electron chi connectivity index (χ2n) is 3.93. The van der Waals surface area contributed by atoms with Crippen molar-refractivity contribution in [3.05, 3.63) is 59.7 Å². The molecule has 1 heterocycles. The van der Waals surface area contributed by atoms with Crippen molar-refractivity contribution in [3.63, 3.8) is 0 Å². The first-order chi connectivity index (χ1) is 8.70. The minimum absolute atomic E-state index is 0.103. The smallest absolute Gasteiger partial charge is 0.147 e. The molecule has 0 fully saturated rings. The van der Waals surface area contributed by atoms with Crippen molar-refractivity contribution in [2.45, 2.75) is 13.0 Å². The van der Waals surface area contributed by atoms with Gasteiger partial charge in [0.1, 0.15) is 5.82 Å². The number of pyridine rings is 1. The third-order valence-electron chi connectivity index (χ3n) is 2.60. The maximum Gasteiger partial charge on any atom is 0.147 e. The molecule has 1 N–H and O–H groups in total. The predicted octanol–water partition coefficient (Wildman–Crippen LogP) is 3.27. The molecule has 0 bridgehead atoms. The van der Waals surface area contributed by atoms with E-state index in [1.165, 1.54) is 6.07 Å². The molecule has 1 atom stereocenters. The van der Waals surface area contributed by atoms with Crippen molar-refractivity contribution in [2.75, 3.05) is 5.32 Å². The molecule has 0 spiro atoms. The van der Waals surface area contributed by atoms with Crippen LogP contribution in [0.2, 0.25) is 0 Å². The first-order valence-corrected chi connectivity index (χ1v) is 5.58. The van der Waals surface area contributed by atoms with Crippen molar-refractivity contribution in [1.29, 1.82) is 5.26 Å². The van der Waals surface area contributed by atoms with Crippen LogP contribution >= 0.6 is 0 Å². The lowest BCUT2D eigenvalue weighted by atomic mass is 10.1. The molecule has 0 aliphatic carbocycles. The molecule has 0 radical (unpaired) electrons. The highest BCUT2D eigenvalue weighted by Crippen LogP contribution is 2.21. The molecule has 0 saturated heterocycles. The molecule has 90 valence electrons. The van der Waals surface area contributed by atoms with Gasteiger partial charge >= 0.3 is 0 Å². The van der Waals surface area contributed by atoms with E-state index in [4.69, 9.17) is 5.26 Å². The van der Waals surface area contributed by atoms with Crippen LogP contribution in [0.1, 0.15) is 24.2 Å². The summed E-state index contributed by atoms with van der Waals surface area (Å²) >= 11 is 0. The van der Waals surface area contributed by atoms with Gasteiger partial charge in [0.15, 0.2) is 0 Å². The van der Waals surface area contributed by atoms with Crippen molar-refractivity contribution < 1.29 is 4.39 Å². The average Bonchev–Trinajstić information content (AvgIpc) is 2.42. The first kappa shape index (κ1) is 12.1. The lowest BCUT2D eigenvalue weighted by molar-refractivity contribution is 0.626. The van der Waals surface area contributed by atoms with E-state index in [1.807, 2.05) is 31.2 Å². The molecule has 3 nitrogen and oxygen atoms in total. The van der Waals surface area contributed by atoms with E-state index in [0.717, 1.165) is 5.69 Å². The van der Waals surface area contributed by atoms with Gasteiger partial charge in [-0.2, -0.15) is 5.26 Å². The number of rotatable bonds is 3. The Hall–Kier alpha value is -2.41. The summed E-state index contributed by atoms with van der Waals surface area (Å²) in [6, 6.07) is 11.7. The van der Waals surface area contributed by atoms with Crippen LogP contribution in [0.5, 0.6) is 0 Å². The zero-order valence-corrected chi connectivity index (χ0v) is 9.89. The average molecular weight is 241 g/mol. The number of hydrogen-bond donors (Lipinski definition) is 1. The predicted molar refractivity (Wildman–Crippen MR) is 67.4 cm³/mol. The number of aromatic nitrogens is 1. The Labute approximate surface area is 105 Å². The molecule has 1 aromatic heterocycles. The second-order valence-corrected chi connectivity index (χ2v) is 3.93. The first-order valence-electron chi connectivity index (χ1n) is 5.58. The summed E-state index contributed by atoms with van der Waals surface area (Å²) in [5, 5.41) is 11.7. The van der Waals surface area contributed by atoms with Gasteiger partial charge in [0, 0.05) is 6.20 Å². The van der Waals surface area contributed by atoms with E-state index in [0.29, 0.717) is 11.3 Å². The molecule has 2 rings (SSSR count). The highest BCUT2D eigenvalue weighted by atomic mass is 19.1. The van der Waals surface area contributed by atoms with Gasteiger partial charge in [0.25, 0.3) is 0 Å².